The Morgan fingerprint density at radius 2 is 1.88 bits per heavy atom. The minimum absolute atomic E-state index is 0.00401. The first-order chi connectivity index (χ1) is 11.2. The fourth-order valence-corrected chi connectivity index (χ4v) is 2.12. The highest BCUT2D eigenvalue weighted by Gasteiger charge is 2.37. The molecule has 0 aromatic carbocycles. The Bertz CT molecular complexity index is 449. The summed E-state index contributed by atoms with van der Waals surface area (Å²) in [6.07, 6.45) is 0.693. The second kappa shape index (κ2) is 9.26. The van der Waals surface area contributed by atoms with Crippen molar-refractivity contribution >= 4 is 12.1 Å². The van der Waals surface area contributed by atoms with E-state index in [1.807, 2.05) is 0 Å². The fraction of sp³-hybridized carbons (Fsp3) is 0.857. The Morgan fingerprint density at radius 3 is 2.50 bits per heavy atom. The molecule has 10 heteroatoms. The van der Waals surface area contributed by atoms with Crippen molar-refractivity contribution in [1.82, 2.24) is 4.90 Å². The summed E-state index contributed by atoms with van der Waals surface area (Å²) in [5, 5.41) is 9.00. The molecule has 10 nitrogen and oxygen atoms in total. The number of rotatable bonds is 8. The third-order valence-electron chi connectivity index (χ3n) is 3.05. The second-order valence-electron chi connectivity index (χ2n) is 6.17. The van der Waals surface area contributed by atoms with Crippen LogP contribution in [0.5, 0.6) is 0 Å². The van der Waals surface area contributed by atoms with Gasteiger partial charge in [0.1, 0.15) is 24.9 Å². The summed E-state index contributed by atoms with van der Waals surface area (Å²) in [5.74, 6) is -0.511. The van der Waals surface area contributed by atoms with Crippen molar-refractivity contribution in [3.05, 3.63) is 10.1 Å². The van der Waals surface area contributed by atoms with Crippen molar-refractivity contribution in [3.63, 3.8) is 0 Å². The number of hydrogen-bond donors (Lipinski definition) is 0. The zero-order chi connectivity index (χ0) is 18.2. The van der Waals surface area contributed by atoms with Crippen LogP contribution in [0.25, 0.3) is 0 Å². The van der Waals surface area contributed by atoms with Gasteiger partial charge in [0.2, 0.25) is 0 Å². The molecule has 0 spiro atoms. The monoisotopic (exact) mass is 348 g/mol. The van der Waals surface area contributed by atoms with Crippen LogP contribution < -0.4 is 0 Å². The maximum Gasteiger partial charge on any atom is 0.411 e. The van der Waals surface area contributed by atoms with Crippen molar-refractivity contribution in [3.8, 4) is 0 Å². The summed E-state index contributed by atoms with van der Waals surface area (Å²) in [6.45, 7) is 5.64. The van der Waals surface area contributed by atoms with E-state index in [9.17, 15) is 19.7 Å². The number of ether oxygens (including phenoxy) is 3. The summed E-state index contributed by atoms with van der Waals surface area (Å²) in [4.78, 5) is 39.5. The lowest BCUT2D eigenvalue weighted by molar-refractivity contribution is -0.758. The topological polar surface area (TPSA) is 117 Å². The number of carbonyl (C=O) groups excluding carboxylic acids is 2. The zero-order valence-corrected chi connectivity index (χ0v) is 14.2. The lowest BCUT2D eigenvalue weighted by Gasteiger charge is -2.27. The molecule has 1 saturated heterocycles. The van der Waals surface area contributed by atoms with Gasteiger partial charge in [0.25, 0.3) is 5.09 Å². The van der Waals surface area contributed by atoms with E-state index in [0.717, 1.165) is 0 Å². The van der Waals surface area contributed by atoms with Gasteiger partial charge in [-0.05, 0) is 33.6 Å². The van der Waals surface area contributed by atoms with Gasteiger partial charge in [0.05, 0.1) is 13.2 Å². The predicted octanol–water partition coefficient (Wildman–Crippen LogP) is 1.15. The molecule has 0 bridgehead atoms. The van der Waals surface area contributed by atoms with Gasteiger partial charge in [-0.1, -0.05) is 0 Å². The first-order valence-corrected chi connectivity index (χ1v) is 7.72. The van der Waals surface area contributed by atoms with Crippen LogP contribution >= 0.6 is 0 Å². The molecule has 1 heterocycles. The molecule has 0 aliphatic carbocycles. The van der Waals surface area contributed by atoms with Crippen molar-refractivity contribution in [1.29, 1.82) is 0 Å². The molecular formula is C14H24N2O8. The molecule has 1 aliphatic rings. The van der Waals surface area contributed by atoms with E-state index < -0.39 is 28.8 Å². The summed E-state index contributed by atoms with van der Waals surface area (Å²) in [7, 11) is 0. The van der Waals surface area contributed by atoms with Gasteiger partial charge in [-0.3, -0.25) is 4.90 Å². The first-order valence-electron chi connectivity index (χ1n) is 7.72. The van der Waals surface area contributed by atoms with E-state index in [-0.39, 0.29) is 26.4 Å². The fourth-order valence-electron chi connectivity index (χ4n) is 2.12. The van der Waals surface area contributed by atoms with Crippen molar-refractivity contribution in [2.24, 2.45) is 0 Å². The molecule has 24 heavy (non-hydrogen) atoms. The summed E-state index contributed by atoms with van der Waals surface area (Å²) < 4.78 is 15.4. The molecule has 0 saturated carbocycles. The summed E-state index contributed by atoms with van der Waals surface area (Å²) in [6, 6.07) is -0.655. The molecular weight excluding hydrogens is 324 g/mol. The van der Waals surface area contributed by atoms with E-state index in [4.69, 9.17) is 14.2 Å². The minimum Gasteiger partial charge on any atom is -0.462 e. The highest BCUT2D eigenvalue weighted by molar-refractivity contribution is 5.82. The van der Waals surface area contributed by atoms with Crippen molar-refractivity contribution < 1.29 is 33.7 Å². The number of esters is 1. The Kier molecular flexibility index (Phi) is 7.69. The van der Waals surface area contributed by atoms with Gasteiger partial charge in [0.15, 0.2) is 0 Å². The number of carbonyl (C=O) groups is 2. The van der Waals surface area contributed by atoms with E-state index >= 15 is 0 Å². The maximum atomic E-state index is 12.1. The molecule has 138 valence electrons. The molecule has 1 rings (SSSR count). The third kappa shape index (κ3) is 7.44. The first kappa shape index (κ1) is 19.9. The minimum atomic E-state index is -0.908. The van der Waals surface area contributed by atoms with Gasteiger partial charge in [0, 0.05) is 6.54 Å². The van der Waals surface area contributed by atoms with Crippen LogP contribution in [-0.2, 0) is 23.8 Å². The van der Waals surface area contributed by atoms with E-state index in [0.29, 0.717) is 19.4 Å². The Morgan fingerprint density at radius 1 is 1.21 bits per heavy atom. The molecule has 0 radical (unpaired) electrons. The van der Waals surface area contributed by atoms with Crippen LogP contribution in [0.2, 0.25) is 0 Å². The number of nitrogens with zero attached hydrogens (tertiary/aromatic N) is 2. The lowest BCUT2D eigenvalue weighted by atomic mass is 10.2. The van der Waals surface area contributed by atoms with Crippen LogP contribution in [0, 0.1) is 10.1 Å². The number of likely N-dealkylation sites (tertiary alicyclic amines) is 1. The van der Waals surface area contributed by atoms with Crippen LogP contribution in [0.15, 0.2) is 0 Å². The Labute approximate surface area is 140 Å². The van der Waals surface area contributed by atoms with Crippen LogP contribution in [-0.4, -0.2) is 66.7 Å². The van der Waals surface area contributed by atoms with Crippen LogP contribution in [0.3, 0.4) is 0 Å². The predicted molar refractivity (Wildman–Crippen MR) is 80.7 cm³/mol. The van der Waals surface area contributed by atoms with Crippen molar-refractivity contribution in [2.75, 3.05) is 33.0 Å². The van der Waals surface area contributed by atoms with Gasteiger partial charge in [-0.15, -0.1) is 10.1 Å². The third-order valence-corrected chi connectivity index (χ3v) is 3.05. The molecule has 1 amide bonds. The average Bonchev–Trinajstić information content (AvgIpc) is 2.93. The maximum absolute atomic E-state index is 12.1. The normalized spacial score (nSPS) is 17.5. The molecule has 0 aromatic heterocycles. The smallest absolute Gasteiger partial charge is 0.411 e. The highest BCUT2D eigenvalue weighted by Crippen LogP contribution is 2.21. The van der Waals surface area contributed by atoms with E-state index in [1.54, 1.807) is 20.8 Å². The average molecular weight is 348 g/mol. The van der Waals surface area contributed by atoms with Gasteiger partial charge < -0.3 is 19.0 Å². The highest BCUT2D eigenvalue weighted by atomic mass is 17.0. The quantitative estimate of drug-likeness (QED) is 0.277. The molecule has 1 fully saturated rings. The largest absolute Gasteiger partial charge is 0.462 e. The molecule has 1 aliphatic heterocycles. The molecule has 1 atom stereocenters. The molecule has 0 N–H and O–H groups in total. The summed E-state index contributed by atoms with van der Waals surface area (Å²) in [5.41, 5.74) is -0.631. The van der Waals surface area contributed by atoms with E-state index in [1.165, 1.54) is 4.90 Å². The van der Waals surface area contributed by atoms with Crippen molar-refractivity contribution in [2.45, 2.75) is 45.3 Å². The van der Waals surface area contributed by atoms with Gasteiger partial charge >= 0.3 is 12.1 Å². The number of hydrogen-bond acceptors (Lipinski definition) is 8. The summed E-state index contributed by atoms with van der Waals surface area (Å²) >= 11 is 0. The van der Waals surface area contributed by atoms with Crippen LogP contribution in [0.4, 0.5) is 4.79 Å². The van der Waals surface area contributed by atoms with E-state index in [2.05, 4.69) is 4.84 Å². The van der Waals surface area contributed by atoms with Crippen LogP contribution in [0.1, 0.15) is 33.6 Å². The van der Waals surface area contributed by atoms with Gasteiger partial charge in [-0.25, -0.2) is 9.59 Å². The standard InChI is InChI=1S/C14H24N2O8/c1-14(2,3)24-13(18)15-6-4-5-11(15)12(17)22-9-7-21-8-10-23-16(19)20/h11H,4-10H2,1-3H3. The molecule has 0 aromatic rings. The number of amides is 1. The SMILES string of the molecule is CC(C)(C)OC(=O)N1CCCC1C(=O)OCCOCCO[N+](=O)[O-]. The van der Waals surface area contributed by atoms with Gasteiger partial charge in [-0.2, -0.15) is 0 Å². The lowest BCUT2D eigenvalue weighted by Crippen LogP contribution is -2.44. The zero-order valence-electron chi connectivity index (χ0n) is 14.2. The Hall–Kier alpha value is -2.10. The Balaban J connectivity index is 2.28. The second-order valence-corrected chi connectivity index (χ2v) is 6.17. The molecule has 1 unspecified atom stereocenters.